The van der Waals surface area contributed by atoms with Gasteiger partial charge in [0, 0.05) is 0 Å². The summed E-state index contributed by atoms with van der Waals surface area (Å²) in [6.45, 7) is -1.25. The van der Waals surface area contributed by atoms with Crippen LogP contribution in [-0.4, -0.2) is 30.9 Å². The first kappa shape index (κ1) is 12.2. The highest BCUT2D eigenvalue weighted by atomic mass is 32.2. The normalized spacial score (nSPS) is 34.6. The van der Waals surface area contributed by atoms with Crippen LogP contribution in [0.2, 0.25) is 0 Å². The fourth-order valence-corrected chi connectivity index (χ4v) is 2.89. The van der Waals surface area contributed by atoms with Gasteiger partial charge in [-0.15, -0.1) is 0 Å². The van der Waals surface area contributed by atoms with Gasteiger partial charge in [-0.25, -0.2) is 0 Å². The zero-order valence-corrected chi connectivity index (χ0v) is 9.42. The monoisotopic (exact) mass is 256 g/mol. The van der Waals surface area contributed by atoms with Crippen LogP contribution in [0.15, 0.2) is 0 Å². The molecule has 4 nitrogen and oxygen atoms in total. The highest BCUT2D eigenvalue weighted by Gasteiger charge is 2.47. The predicted octanol–water partition coefficient (Wildman–Crippen LogP) is 1.67. The molecule has 94 valence electrons. The Balaban J connectivity index is 1.89. The van der Waals surface area contributed by atoms with E-state index < -0.39 is 22.0 Å². The zero-order chi connectivity index (χ0) is 12.0. The van der Waals surface area contributed by atoms with Crippen LogP contribution in [0.5, 0.6) is 0 Å². The van der Waals surface area contributed by atoms with Gasteiger partial charge in [-0.3, -0.25) is 4.55 Å². The first-order chi connectivity index (χ1) is 7.29. The molecule has 2 fully saturated rings. The summed E-state index contributed by atoms with van der Waals surface area (Å²) < 4.78 is 59.6. The van der Waals surface area contributed by atoms with E-state index in [1.54, 1.807) is 0 Å². The van der Waals surface area contributed by atoms with Crippen molar-refractivity contribution in [3.63, 3.8) is 0 Å². The molecule has 7 heteroatoms. The van der Waals surface area contributed by atoms with E-state index in [1.165, 1.54) is 0 Å². The van der Waals surface area contributed by atoms with Crippen molar-refractivity contribution >= 4 is 10.1 Å². The van der Waals surface area contributed by atoms with Gasteiger partial charge in [0.1, 0.15) is 6.61 Å². The summed E-state index contributed by atoms with van der Waals surface area (Å²) in [7, 11) is -5.37. The van der Waals surface area contributed by atoms with E-state index in [0.717, 1.165) is 25.7 Å². The molecule has 0 aliphatic heterocycles. The second-order valence-electron chi connectivity index (χ2n) is 4.64. The molecule has 0 radical (unpaired) electrons. The molecular formula is C9H14F2O4S. The number of rotatable bonds is 4. The quantitative estimate of drug-likeness (QED) is 0.777. The maximum absolute atomic E-state index is 12.9. The first-order valence-corrected chi connectivity index (χ1v) is 6.70. The lowest BCUT2D eigenvalue weighted by atomic mass is 9.98. The molecule has 0 saturated heterocycles. The Kier molecular flexibility index (Phi) is 2.96. The van der Waals surface area contributed by atoms with Gasteiger partial charge >= 0.3 is 15.4 Å². The van der Waals surface area contributed by atoms with Crippen LogP contribution in [0.25, 0.3) is 0 Å². The highest BCUT2D eigenvalue weighted by Crippen LogP contribution is 2.46. The number of halogens is 2. The molecule has 0 aromatic heterocycles. The molecule has 2 saturated carbocycles. The summed E-state index contributed by atoms with van der Waals surface area (Å²) in [5, 5.41) is -4.20. The second-order valence-corrected chi connectivity index (χ2v) is 6.18. The largest absolute Gasteiger partial charge is 0.392 e. The van der Waals surface area contributed by atoms with Gasteiger partial charge in [0.2, 0.25) is 0 Å². The van der Waals surface area contributed by atoms with Crippen LogP contribution in [0, 0.1) is 11.8 Å². The lowest BCUT2D eigenvalue weighted by Gasteiger charge is -2.23. The van der Waals surface area contributed by atoms with E-state index in [2.05, 4.69) is 0 Å². The lowest BCUT2D eigenvalue weighted by Crippen LogP contribution is -2.36. The third-order valence-corrected chi connectivity index (χ3v) is 4.39. The van der Waals surface area contributed by atoms with Crippen LogP contribution >= 0.6 is 0 Å². The van der Waals surface area contributed by atoms with E-state index in [-0.39, 0.29) is 12.0 Å². The Bertz CT molecular complexity index is 368. The van der Waals surface area contributed by atoms with Crippen LogP contribution in [-0.2, 0) is 14.9 Å². The molecule has 3 atom stereocenters. The summed E-state index contributed by atoms with van der Waals surface area (Å²) in [5.74, 6) is 0.816. The number of alkyl halides is 2. The smallest absolute Gasteiger partial charge is 0.370 e. The highest BCUT2D eigenvalue weighted by molar-refractivity contribution is 7.86. The van der Waals surface area contributed by atoms with Crippen molar-refractivity contribution in [1.82, 2.24) is 0 Å². The fraction of sp³-hybridized carbons (Fsp3) is 1.00. The van der Waals surface area contributed by atoms with Crippen LogP contribution in [0.3, 0.4) is 0 Å². The van der Waals surface area contributed by atoms with Crippen molar-refractivity contribution in [1.29, 1.82) is 0 Å². The molecular weight excluding hydrogens is 242 g/mol. The van der Waals surface area contributed by atoms with Crippen LogP contribution in [0.1, 0.15) is 25.7 Å². The maximum Gasteiger partial charge on any atom is 0.392 e. The number of hydrogen-bond donors (Lipinski definition) is 1. The van der Waals surface area contributed by atoms with Crippen LogP contribution < -0.4 is 0 Å². The van der Waals surface area contributed by atoms with Gasteiger partial charge in [-0.1, -0.05) is 0 Å². The topological polar surface area (TPSA) is 63.6 Å². The van der Waals surface area contributed by atoms with Crippen LogP contribution in [0.4, 0.5) is 8.78 Å². The Morgan fingerprint density at radius 3 is 2.44 bits per heavy atom. The first-order valence-electron chi connectivity index (χ1n) is 5.26. The summed E-state index contributed by atoms with van der Waals surface area (Å²) >= 11 is 0. The fourth-order valence-electron chi connectivity index (χ4n) is 2.67. The number of hydrogen-bond acceptors (Lipinski definition) is 3. The summed E-state index contributed by atoms with van der Waals surface area (Å²) in [4.78, 5) is 0. The minimum atomic E-state index is -5.37. The average Bonchev–Trinajstić information content (AvgIpc) is 2.73. The van der Waals surface area contributed by atoms with E-state index in [9.17, 15) is 17.2 Å². The van der Waals surface area contributed by atoms with Crippen molar-refractivity contribution in [3.8, 4) is 0 Å². The van der Waals surface area contributed by atoms with Crippen molar-refractivity contribution in [2.75, 3.05) is 6.61 Å². The molecule has 0 aromatic carbocycles. The molecule has 3 unspecified atom stereocenters. The average molecular weight is 256 g/mol. The molecule has 0 aromatic rings. The molecule has 16 heavy (non-hydrogen) atoms. The van der Waals surface area contributed by atoms with E-state index in [0.29, 0.717) is 5.92 Å². The molecule has 0 amide bonds. The Labute approximate surface area is 92.7 Å². The number of fused-ring (bicyclic) bond motifs is 2. The molecule has 2 bridgehead atoms. The summed E-state index contributed by atoms with van der Waals surface area (Å²) in [5.41, 5.74) is 0. The molecule has 2 rings (SSSR count). The Morgan fingerprint density at radius 2 is 2.00 bits per heavy atom. The molecule has 1 N–H and O–H groups in total. The summed E-state index contributed by atoms with van der Waals surface area (Å²) in [6, 6.07) is 0. The van der Waals surface area contributed by atoms with Gasteiger partial charge < -0.3 is 4.74 Å². The van der Waals surface area contributed by atoms with Crippen molar-refractivity contribution < 1.29 is 26.5 Å². The van der Waals surface area contributed by atoms with Gasteiger partial charge in [-0.2, -0.15) is 17.2 Å². The molecule has 2 aliphatic carbocycles. The third kappa shape index (κ3) is 2.21. The maximum atomic E-state index is 12.9. The standard InChI is InChI=1S/C9H14F2O4S/c10-9(11,16(12,13)14)5-15-8-4-6-1-2-7(8)3-6/h6-8H,1-5H2,(H,12,13,14). The molecule has 0 heterocycles. The Hall–Kier alpha value is -0.270. The predicted molar refractivity (Wildman–Crippen MR) is 51.7 cm³/mol. The lowest BCUT2D eigenvalue weighted by molar-refractivity contribution is -0.0677. The zero-order valence-electron chi connectivity index (χ0n) is 8.60. The van der Waals surface area contributed by atoms with E-state index in [4.69, 9.17) is 9.29 Å². The Morgan fingerprint density at radius 1 is 1.31 bits per heavy atom. The minimum Gasteiger partial charge on any atom is -0.370 e. The second kappa shape index (κ2) is 3.89. The number of ether oxygens (including phenoxy) is 1. The molecule has 2 aliphatic rings. The van der Waals surface area contributed by atoms with E-state index in [1.807, 2.05) is 0 Å². The van der Waals surface area contributed by atoms with Gasteiger partial charge in [0.05, 0.1) is 6.10 Å². The van der Waals surface area contributed by atoms with Gasteiger partial charge in [0.25, 0.3) is 0 Å². The SMILES string of the molecule is O=S(=O)(O)C(F)(F)COC1CC2CCC1C2. The third-order valence-electron chi connectivity index (χ3n) is 3.52. The van der Waals surface area contributed by atoms with Gasteiger partial charge in [0.15, 0.2) is 0 Å². The van der Waals surface area contributed by atoms with Gasteiger partial charge in [-0.05, 0) is 37.5 Å². The minimum absolute atomic E-state index is 0.272. The van der Waals surface area contributed by atoms with E-state index >= 15 is 0 Å². The van der Waals surface area contributed by atoms with Crippen molar-refractivity contribution in [2.45, 2.75) is 37.0 Å². The summed E-state index contributed by atoms with van der Waals surface area (Å²) in [6.07, 6.45) is 3.52. The van der Waals surface area contributed by atoms with Crippen molar-refractivity contribution in [3.05, 3.63) is 0 Å². The molecule has 0 spiro atoms. The van der Waals surface area contributed by atoms with Crippen molar-refractivity contribution in [2.24, 2.45) is 11.8 Å².